The van der Waals surface area contributed by atoms with Crippen molar-refractivity contribution in [2.75, 3.05) is 6.54 Å². The summed E-state index contributed by atoms with van der Waals surface area (Å²) in [5, 5.41) is 5.78. The van der Waals surface area contributed by atoms with Gasteiger partial charge in [0.15, 0.2) is 0 Å². The van der Waals surface area contributed by atoms with E-state index in [2.05, 4.69) is 17.2 Å². The first-order chi connectivity index (χ1) is 5.20. The van der Waals surface area contributed by atoms with Crippen LogP contribution in [0.4, 0.5) is 0 Å². The van der Waals surface area contributed by atoms with Gasteiger partial charge in [0, 0.05) is 13.6 Å². The van der Waals surface area contributed by atoms with E-state index in [9.17, 15) is 4.79 Å². The summed E-state index contributed by atoms with van der Waals surface area (Å²) in [6, 6.07) is 0. The van der Waals surface area contributed by atoms with Crippen molar-refractivity contribution in [3.05, 3.63) is 11.8 Å². The standard InChI is InChI=1S/C7H12N2O2/c1-4-7(11-8-3)5-9-6(2)10/h4H,3,5H2,1-2H3,(H,9,10)/b7-4-. The lowest BCUT2D eigenvalue weighted by Gasteiger charge is -2.03. The minimum absolute atomic E-state index is 0.1000. The Balaban J connectivity index is 3.70. The molecule has 0 fully saturated rings. The summed E-state index contributed by atoms with van der Waals surface area (Å²) in [7, 11) is 0. The van der Waals surface area contributed by atoms with Crippen LogP contribution in [0.15, 0.2) is 17.0 Å². The Morgan fingerprint density at radius 1 is 1.82 bits per heavy atom. The summed E-state index contributed by atoms with van der Waals surface area (Å²) in [5.74, 6) is 0.479. The molecule has 0 spiro atoms. The SMILES string of the molecule is C=NO/C(=C\C)CNC(C)=O. The van der Waals surface area contributed by atoms with Crippen LogP contribution in [0.1, 0.15) is 13.8 Å². The van der Waals surface area contributed by atoms with Gasteiger partial charge in [0.1, 0.15) is 5.76 Å². The second kappa shape index (κ2) is 5.46. The van der Waals surface area contributed by atoms with Crippen molar-refractivity contribution >= 4 is 12.6 Å². The van der Waals surface area contributed by atoms with Crippen molar-refractivity contribution in [1.29, 1.82) is 0 Å². The number of nitrogens with one attached hydrogen (secondary N) is 1. The molecule has 0 heterocycles. The van der Waals surface area contributed by atoms with Gasteiger partial charge in [0.05, 0.1) is 6.54 Å². The van der Waals surface area contributed by atoms with Gasteiger partial charge in [-0.3, -0.25) is 4.79 Å². The molecule has 0 unspecified atom stereocenters. The third kappa shape index (κ3) is 5.14. The van der Waals surface area contributed by atoms with Crippen LogP contribution in [-0.4, -0.2) is 19.2 Å². The van der Waals surface area contributed by atoms with Gasteiger partial charge in [-0.25, -0.2) is 0 Å². The molecule has 0 saturated heterocycles. The fourth-order valence-corrected chi connectivity index (χ4v) is 0.482. The highest BCUT2D eigenvalue weighted by atomic mass is 16.6. The van der Waals surface area contributed by atoms with Crippen LogP contribution in [0.2, 0.25) is 0 Å². The zero-order valence-electron chi connectivity index (χ0n) is 6.76. The summed E-state index contributed by atoms with van der Waals surface area (Å²) in [6.45, 7) is 6.73. The molecule has 0 aliphatic rings. The molecule has 62 valence electrons. The average molecular weight is 156 g/mol. The highest BCUT2D eigenvalue weighted by Crippen LogP contribution is 1.94. The molecule has 1 N–H and O–H groups in total. The van der Waals surface area contributed by atoms with Crippen LogP contribution in [0, 0.1) is 0 Å². The number of rotatable bonds is 4. The first-order valence-electron chi connectivity index (χ1n) is 3.23. The second-order valence-corrected chi connectivity index (χ2v) is 1.89. The molecule has 0 rings (SSSR count). The molecule has 0 aromatic carbocycles. The zero-order chi connectivity index (χ0) is 8.69. The molecule has 0 aliphatic heterocycles. The number of hydrogen-bond donors (Lipinski definition) is 1. The van der Waals surface area contributed by atoms with Crippen molar-refractivity contribution in [2.45, 2.75) is 13.8 Å². The summed E-state index contributed by atoms with van der Waals surface area (Å²) in [6.07, 6.45) is 1.71. The van der Waals surface area contributed by atoms with Crippen molar-refractivity contribution in [1.82, 2.24) is 5.32 Å². The fraction of sp³-hybridized carbons (Fsp3) is 0.429. The molecule has 4 heteroatoms. The maximum Gasteiger partial charge on any atom is 0.217 e. The van der Waals surface area contributed by atoms with Gasteiger partial charge in [0.25, 0.3) is 0 Å². The monoisotopic (exact) mass is 156 g/mol. The smallest absolute Gasteiger partial charge is 0.217 e. The predicted molar refractivity (Wildman–Crippen MR) is 43.1 cm³/mol. The molecule has 0 aliphatic carbocycles. The van der Waals surface area contributed by atoms with Crippen LogP contribution >= 0.6 is 0 Å². The predicted octanol–water partition coefficient (Wildman–Crippen LogP) is 0.658. The van der Waals surface area contributed by atoms with E-state index in [1.165, 1.54) is 6.92 Å². The number of amides is 1. The van der Waals surface area contributed by atoms with Gasteiger partial charge in [-0.05, 0) is 13.0 Å². The highest BCUT2D eigenvalue weighted by molar-refractivity contribution is 5.73. The Morgan fingerprint density at radius 2 is 2.45 bits per heavy atom. The number of oxime groups is 1. The largest absolute Gasteiger partial charge is 0.361 e. The topological polar surface area (TPSA) is 50.7 Å². The number of hydrogen-bond acceptors (Lipinski definition) is 3. The normalized spacial score (nSPS) is 10.5. The quantitative estimate of drug-likeness (QED) is 0.369. The van der Waals surface area contributed by atoms with Gasteiger partial charge in [-0.15, -0.1) is 0 Å². The molecule has 0 aromatic heterocycles. The molecule has 4 nitrogen and oxygen atoms in total. The first-order valence-corrected chi connectivity index (χ1v) is 3.23. The van der Waals surface area contributed by atoms with Crippen molar-refractivity contribution in [3.8, 4) is 0 Å². The van der Waals surface area contributed by atoms with Crippen LogP contribution in [0.5, 0.6) is 0 Å². The summed E-state index contributed by atoms with van der Waals surface area (Å²) < 4.78 is 0. The minimum Gasteiger partial charge on any atom is -0.361 e. The third-order valence-electron chi connectivity index (χ3n) is 1.02. The van der Waals surface area contributed by atoms with E-state index in [0.29, 0.717) is 12.3 Å². The van der Waals surface area contributed by atoms with Crippen LogP contribution in [0.25, 0.3) is 0 Å². The van der Waals surface area contributed by atoms with E-state index < -0.39 is 0 Å². The molecule has 0 atom stereocenters. The van der Waals surface area contributed by atoms with E-state index in [1.54, 1.807) is 13.0 Å². The van der Waals surface area contributed by atoms with Crippen molar-refractivity contribution in [3.63, 3.8) is 0 Å². The van der Waals surface area contributed by atoms with Gasteiger partial charge < -0.3 is 10.2 Å². The Morgan fingerprint density at radius 3 is 2.82 bits per heavy atom. The van der Waals surface area contributed by atoms with E-state index in [4.69, 9.17) is 4.84 Å². The van der Waals surface area contributed by atoms with E-state index in [1.807, 2.05) is 0 Å². The van der Waals surface area contributed by atoms with Crippen molar-refractivity contribution < 1.29 is 9.63 Å². The fourth-order valence-electron chi connectivity index (χ4n) is 0.482. The molecule has 0 aromatic rings. The van der Waals surface area contributed by atoms with Gasteiger partial charge in [-0.2, -0.15) is 0 Å². The molecule has 11 heavy (non-hydrogen) atoms. The lowest BCUT2D eigenvalue weighted by atomic mass is 10.4. The maximum absolute atomic E-state index is 10.4. The Kier molecular flexibility index (Phi) is 4.81. The van der Waals surface area contributed by atoms with Gasteiger partial charge >= 0.3 is 0 Å². The zero-order valence-corrected chi connectivity index (χ0v) is 6.76. The third-order valence-corrected chi connectivity index (χ3v) is 1.02. The van der Waals surface area contributed by atoms with E-state index >= 15 is 0 Å². The number of carbonyl (C=O) groups is 1. The Hall–Kier alpha value is -1.32. The molecular formula is C7H12N2O2. The molecule has 1 amide bonds. The van der Waals surface area contributed by atoms with Crippen LogP contribution in [0.3, 0.4) is 0 Å². The van der Waals surface area contributed by atoms with Crippen LogP contribution < -0.4 is 5.32 Å². The number of nitrogens with zero attached hydrogens (tertiary/aromatic N) is 1. The highest BCUT2D eigenvalue weighted by Gasteiger charge is 1.96. The summed E-state index contributed by atoms with van der Waals surface area (Å²) in [5.41, 5.74) is 0. The second-order valence-electron chi connectivity index (χ2n) is 1.89. The molecular weight excluding hydrogens is 144 g/mol. The molecule has 0 saturated carbocycles. The number of carbonyl (C=O) groups excluding carboxylic acids is 1. The van der Waals surface area contributed by atoms with Gasteiger partial charge in [-0.1, -0.05) is 5.16 Å². The Bertz CT molecular complexity index is 175. The van der Waals surface area contributed by atoms with E-state index in [-0.39, 0.29) is 5.91 Å². The lowest BCUT2D eigenvalue weighted by Crippen LogP contribution is -2.22. The lowest BCUT2D eigenvalue weighted by molar-refractivity contribution is -0.118. The Labute approximate surface area is 65.9 Å². The maximum atomic E-state index is 10.4. The first kappa shape index (κ1) is 9.68. The number of allylic oxidation sites excluding steroid dienone is 1. The minimum atomic E-state index is -0.1000. The summed E-state index contributed by atoms with van der Waals surface area (Å²) >= 11 is 0. The van der Waals surface area contributed by atoms with Gasteiger partial charge in [0.2, 0.25) is 5.91 Å². The molecule has 0 bridgehead atoms. The van der Waals surface area contributed by atoms with Crippen LogP contribution in [-0.2, 0) is 9.63 Å². The van der Waals surface area contributed by atoms with E-state index in [0.717, 1.165) is 0 Å². The summed E-state index contributed by atoms with van der Waals surface area (Å²) in [4.78, 5) is 15.1. The van der Waals surface area contributed by atoms with Crippen molar-refractivity contribution in [2.24, 2.45) is 5.16 Å². The average Bonchev–Trinajstić information content (AvgIpc) is 1.97. The molecule has 0 radical (unpaired) electrons.